The van der Waals surface area contributed by atoms with Gasteiger partial charge in [-0.05, 0) is 12.8 Å². The van der Waals surface area contributed by atoms with E-state index >= 15 is 0 Å². The molecule has 0 aromatic carbocycles. The number of rotatable bonds is 3. The number of aromatic nitrogens is 2. The number of aliphatic hydroxyl groups excluding tert-OH is 1. The predicted molar refractivity (Wildman–Crippen MR) is 86.2 cm³/mol. The summed E-state index contributed by atoms with van der Waals surface area (Å²) in [5, 5.41) is 12.8. The summed E-state index contributed by atoms with van der Waals surface area (Å²) >= 11 is 6.36. The van der Waals surface area contributed by atoms with Crippen molar-refractivity contribution in [2.24, 2.45) is 5.73 Å². The van der Waals surface area contributed by atoms with Crippen molar-refractivity contribution >= 4 is 39.9 Å². The van der Waals surface area contributed by atoms with Crippen LogP contribution in [0.1, 0.15) is 12.8 Å². The molecule has 0 unspecified atom stereocenters. The van der Waals surface area contributed by atoms with Crippen molar-refractivity contribution in [3.05, 3.63) is 17.4 Å². The van der Waals surface area contributed by atoms with E-state index in [1.54, 1.807) is 12.4 Å². The normalized spacial score (nSPS) is 18.7. The van der Waals surface area contributed by atoms with Crippen LogP contribution >= 0.6 is 11.6 Å². The van der Waals surface area contributed by atoms with E-state index in [0.29, 0.717) is 22.9 Å². The SMILES string of the molecule is N[C@@H]1CCCN(c2c(Cl)cnc3[nH]cc(NC(=O)CO)c23)C1. The standard InChI is InChI=1S/C14H18ClN5O2/c15-9-4-17-14-12(10(5-18-14)19-11(22)7-21)13(9)20-3-1-2-8(16)6-20/h4-5,8,21H,1-3,6-7,16H2,(H,17,18)(H,19,22)/t8-/m1/s1. The third kappa shape index (κ3) is 2.75. The smallest absolute Gasteiger partial charge is 0.250 e. The summed E-state index contributed by atoms with van der Waals surface area (Å²) in [6, 6.07) is 0.0995. The zero-order valence-electron chi connectivity index (χ0n) is 12.0. The number of amides is 1. The first-order valence-electron chi connectivity index (χ1n) is 7.17. The van der Waals surface area contributed by atoms with Crippen LogP contribution in [-0.2, 0) is 4.79 Å². The number of anilines is 2. The molecule has 0 radical (unpaired) electrons. The van der Waals surface area contributed by atoms with E-state index < -0.39 is 12.5 Å². The molecule has 0 aliphatic carbocycles. The molecule has 0 bridgehead atoms. The fourth-order valence-electron chi connectivity index (χ4n) is 2.87. The van der Waals surface area contributed by atoms with Gasteiger partial charge in [0.25, 0.3) is 0 Å². The van der Waals surface area contributed by atoms with E-state index in [2.05, 4.69) is 20.2 Å². The van der Waals surface area contributed by atoms with Crippen LogP contribution in [0.15, 0.2) is 12.4 Å². The molecular formula is C14H18ClN5O2. The third-order valence-electron chi connectivity index (χ3n) is 3.82. The Kier molecular flexibility index (Phi) is 4.19. The lowest BCUT2D eigenvalue weighted by molar-refractivity contribution is -0.118. The van der Waals surface area contributed by atoms with Gasteiger partial charge in [0.15, 0.2) is 0 Å². The molecule has 22 heavy (non-hydrogen) atoms. The molecule has 1 fully saturated rings. The second kappa shape index (κ2) is 6.12. The van der Waals surface area contributed by atoms with Gasteiger partial charge in [0.2, 0.25) is 5.91 Å². The van der Waals surface area contributed by atoms with Gasteiger partial charge in [0.1, 0.15) is 12.3 Å². The summed E-state index contributed by atoms with van der Waals surface area (Å²) in [5.41, 5.74) is 8.06. The number of carbonyl (C=O) groups excluding carboxylic acids is 1. The molecule has 118 valence electrons. The van der Waals surface area contributed by atoms with Crippen LogP contribution in [0.4, 0.5) is 11.4 Å². The Hall–Kier alpha value is -1.83. The number of aromatic amines is 1. The van der Waals surface area contributed by atoms with Gasteiger partial charge < -0.3 is 26.0 Å². The van der Waals surface area contributed by atoms with E-state index in [0.717, 1.165) is 30.5 Å². The molecule has 2 aromatic rings. The maximum absolute atomic E-state index is 11.5. The molecule has 1 aliphatic heterocycles. The molecule has 0 saturated carbocycles. The highest BCUT2D eigenvalue weighted by atomic mass is 35.5. The predicted octanol–water partition coefficient (Wildman–Crippen LogP) is 1.07. The van der Waals surface area contributed by atoms with Gasteiger partial charge in [0.05, 0.1) is 28.0 Å². The lowest BCUT2D eigenvalue weighted by Crippen LogP contribution is -2.43. The van der Waals surface area contributed by atoms with Crippen molar-refractivity contribution in [1.29, 1.82) is 0 Å². The van der Waals surface area contributed by atoms with Gasteiger partial charge in [-0.1, -0.05) is 11.6 Å². The Labute approximate surface area is 132 Å². The minimum absolute atomic E-state index is 0.0995. The number of carbonyl (C=O) groups is 1. The number of hydrogen-bond acceptors (Lipinski definition) is 5. The van der Waals surface area contributed by atoms with Gasteiger partial charge in [-0.15, -0.1) is 0 Å². The van der Waals surface area contributed by atoms with Crippen LogP contribution in [0.5, 0.6) is 0 Å². The Bertz CT molecular complexity index is 702. The molecule has 7 nitrogen and oxygen atoms in total. The Morgan fingerprint density at radius 3 is 3.18 bits per heavy atom. The van der Waals surface area contributed by atoms with Crippen LogP contribution in [0, 0.1) is 0 Å². The van der Waals surface area contributed by atoms with Gasteiger partial charge in [-0.25, -0.2) is 4.98 Å². The first-order chi connectivity index (χ1) is 10.6. The quantitative estimate of drug-likeness (QED) is 0.676. The Morgan fingerprint density at radius 1 is 1.64 bits per heavy atom. The molecule has 1 atom stereocenters. The van der Waals surface area contributed by atoms with Crippen molar-refractivity contribution in [3.8, 4) is 0 Å². The average Bonchev–Trinajstić information content (AvgIpc) is 2.90. The second-order valence-corrected chi connectivity index (χ2v) is 5.84. The minimum atomic E-state index is -0.579. The number of piperidine rings is 1. The minimum Gasteiger partial charge on any atom is -0.387 e. The van der Waals surface area contributed by atoms with Crippen LogP contribution in [-0.4, -0.2) is 46.7 Å². The summed E-state index contributed by atoms with van der Waals surface area (Å²) in [6.45, 7) is 0.979. The van der Waals surface area contributed by atoms with Gasteiger partial charge in [-0.3, -0.25) is 4.79 Å². The molecule has 1 saturated heterocycles. The summed E-state index contributed by atoms with van der Waals surface area (Å²) in [6.07, 6.45) is 5.22. The number of hydrogen-bond donors (Lipinski definition) is 4. The highest BCUT2D eigenvalue weighted by molar-refractivity contribution is 6.35. The van der Waals surface area contributed by atoms with E-state index in [1.165, 1.54) is 0 Å². The molecule has 0 spiro atoms. The fourth-order valence-corrected chi connectivity index (χ4v) is 3.13. The van der Waals surface area contributed by atoms with Crippen molar-refractivity contribution in [1.82, 2.24) is 9.97 Å². The first kappa shape index (κ1) is 15.1. The lowest BCUT2D eigenvalue weighted by atomic mass is 10.1. The number of H-pyrrole nitrogens is 1. The maximum Gasteiger partial charge on any atom is 0.250 e. The number of aliphatic hydroxyl groups is 1. The summed E-state index contributed by atoms with van der Waals surface area (Å²) in [5.74, 6) is -0.484. The molecule has 3 heterocycles. The van der Waals surface area contributed by atoms with Gasteiger partial charge in [0, 0.05) is 25.3 Å². The highest BCUT2D eigenvalue weighted by Crippen LogP contribution is 2.38. The van der Waals surface area contributed by atoms with E-state index in [1.807, 2.05) is 0 Å². The summed E-state index contributed by atoms with van der Waals surface area (Å²) in [4.78, 5) is 20.9. The monoisotopic (exact) mass is 323 g/mol. The Balaban J connectivity index is 2.08. The molecule has 1 amide bonds. The van der Waals surface area contributed by atoms with E-state index in [9.17, 15) is 4.79 Å². The first-order valence-corrected chi connectivity index (χ1v) is 7.54. The summed E-state index contributed by atoms with van der Waals surface area (Å²) in [7, 11) is 0. The summed E-state index contributed by atoms with van der Waals surface area (Å²) < 4.78 is 0. The lowest BCUT2D eigenvalue weighted by Gasteiger charge is -2.33. The molecule has 8 heteroatoms. The molecule has 5 N–H and O–H groups in total. The fraction of sp³-hybridized carbons (Fsp3) is 0.429. The topological polar surface area (TPSA) is 107 Å². The van der Waals surface area contributed by atoms with Crippen molar-refractivity contribution in [2.45, 2.75) is 18.9 Å². The van der Waals surface area contributed by atoms with Crippen LogP contribution < -0.4 is 16.0 Å². The van der Waals surface area contributed by atoms with Crippen LogP contribution in [0.2, 0.25) is 5.02 Å². The highest BCUT2D eigenvalue weighted by Gasteiger charge is 2.23. The van der Waals surface area contributed by atoms with Crippen LogP contribution in [0.3, 0.4) is 0 Å². The van der Waals surface area contributed by atoms with E-state index in [4.69, 9.17) is 22.4 Å². The second-order valence-electron chi connectivity index (χ2n) is 5.44. The van der Waals surface area contributed by atoms with Crippen molar-refractivity contribution in [3.63, 3.8) is 0 Å². The van der Waals surface area contributed by atoms with Crippen molar-refractivity contribution < 1.29 is 9.90 Å². The van der Waals surface area contributed by atoms with Crippen molar-refractivity contribution in [2.75, 3.05) is 29.9 Å². The number of nitrogens with one attached hydrogen (secondary N) is 2. The number of fused-ring (bicyclic) bond motifs is 1. The molecular weight excluding hydrogens is 306 g/mol. The third-order valence-corrected chi connectivity index (χ3v) is 4.10. The van der Waals surface area contributed by atoms with E-state index in [-0.39, 0.29) is 6.04 Å². The average molecular weight is 324 g/mol. The zero-order valence-corrected chi connectivity index (χ0v) is 12.7. The number of nitrogens with two attached hydrogens (primary N) is 1. The maximum atomic E-state index is 11.5. The van der Waals surface area contributed by atoms with Gasteiger partial charge in [-0.2, -0.15) is 0 Å². The molecule has 2 aromatic heterocycles. The Morgan fingerprint density at radius 2 is 2.45 bits per heavy atom. The zero-order chi connectivity index (χ0) is 15.7. The van der Waals surface area contributed by atoms with Crippen LogP contribution in [0.25, 0.3) is 11.0 Å². The molecule has 1 aliphatic rings. The van der Waals surface area contributed by atoms with Gasteiger partial charge >= 0.3 is 0 Å². The number of nitrogens with zero attached hydrogens (tertiary/aromatic N) is 2. The number of pyridine rings is 1. The molecule has 3 rings (SSSR count). The largest absolute Gasteiger partial charge is 0.387 e. The number of halogens is 1.